The van der Waals surface area contributed by atoms with Crippen LogP contribution in [0.3, 0.4) is 0 Å². The van der Waals surface area contributed by atoms with Gasteiger partial charge in [-0.2, -0.15) is 5.26 Å². The van der Waals surface area contributed by atoms with Crippen molar-refractivity contribution in [3.05, 3.63) is 16.9 Å². The molecule has 5 heteroatoms. The Morgan fingerprint density at radius 1 is 1.50 bits per heavy atom. The Kier molecular flexibility index (Phi) is 3.48. The van der Waals surface area contributed by atoms with Gasteiger partial charge in [-0.05, 0) is 15.9 Å². The average molecular weight is 227 g/mol. The van der Waals surface area contributed by atoms with Gasteiger partial charge in [0.15, 0.2) is 0 Å². The molecule has 0 saturated heterocycles. The van der Waals surface area contributed by atoms with E-state index in [1.54, 1.807) is 12.4 Å². The molecule has 0 aromatic carbocycles. The van der Waals surface area contributed by atoms with E-state index < -0.39 is 0 Å². The van der Waals surface area contributed by atoms with E-state index in [4.69, 9.17) is 5.26 Å². The first kappa shape index (κ1) is 8.94. The molecule has 1 aromatic heterocycles. The molecule has 0 aliphatic carbocycles. The summed E-state index contributed by atoms with van der Waals surface area (Å²) in [4.78, 5) is 7.94. The van der Waals surface area contributed by atoms with Crippen LogP contribution in [0.1, 0.15) is 6.42 Å². The van der Waals surface area contributed by atoms with Crippen molar-refractivity contribution in [3.8, 4) is 6.07 Å². The zero-order valence-electron chi connectivity index (χ0n) is 6.29. The second-order valence-corrected chi connectivity index (χ2v) is 2.98. The minimum atomic E-state index is 0.458. The van der Waals surface area contributed by atoms with E-state index >= 15 is 0 Å². The fraction of sp³-hybridized carbons (Fsp3) is 0.286. The molecule has 1 rings (SSSR count). The topological polar surface area (TPSA) is 61.6 Å². The lowest BCUT2D eigenvalue weighted by Gasteiger charge is -1.99. The van der Waals surface area contributed by atoms with Crippen molar-refractivity contribution in [1.82, 2.24) is 9.97 Å². The summed E-state index contributed by atoms with van der Waals surface area (Å²) in [6.07, 6.45) is 3.77. The standard InChI is InChI=1S/C7H7BrN4/c8-6-4-11-7(12-5-6)10-3-1-2-9/h4-5H,1,3H2,(H,10,11,12). The van der Waals surface area contributed by atoms with Crippen LogP contribution in [-0.2, 0) is 0 Å². The van der Waals surface area contributed by atoms with Crippen LogP contribution >= 0.6 is 15.9 Å². The molecule has 1 N–H and O–H groups in total. The maximum absolute atomic E-state index is 8.25. The first-order valence-corrected chi connectivity index (χ1v) is 4.20. The van der Waals surface area contributed by atoms with E-state index in [0.717, 1.165) is 4.47 Å². The monoisotopic (exact) mass is 226 g/mol. The molecular weight excluding hydrogens is 220 g/mol. The lowest BCUT2D eigenvalue weighted by Crippen LogP contribution is -2.03. The number of nitrogens with zero attached hydrogens (tertiary/aromatic N) is 3. The fourth-order valence-corrected chi connectivity index (χ4v) is 0.839. The fourth-order valence-electron chi connectivity index (χ4n) is 0.634. The van der Waals surface area contributed by atoms with Crippen LogP contribution in [0.25, 0.3) is 0 Å². The minimum Gasteiger partial charge on any atom is -0.353 e. The normalized spacial score (nSPS) is 9.00. The SMILES string of the molecule is N#CCCNc1ncc(Br)cn1. The molecule has 0 saturated carbocycles. The number of halogens is 1. The van der Waals surface area contributed by atoms with Crippen molar-refractivity contribution < 1.29 is 0 Å². The molecule has 62 valence electrons. The molecule has 0 aliphatic rings. The van der Waals surface area contributed by atoms with Gasteiger partial charge < -0.3 is 5.32 Å². The minimum absolute atomic E-state index is 0.458. The van der Waals surface area contributed by atoms with Gasteiger partial charge in [-0.1, -0.05) is 0 Å². The Morgan fingerprint density at radius 2 is 2.17 bits per heavy atom. The van der Waals surface area contributed by atoms with Crippen molar-refractivity contribution in [2.24, 2.45) is 0 Å². The van der Waals surface area contributed by atoms with Gasteiger partial charge in [0.1, 0.15) is 0 Å². The van der Waals surface area contributed by atoms with E-state index in [2.05, 4.69) is 31.2 Å². The number of hydrogen-bond donors (Lipinski definition) is 1. The molecule has 1 heterocycles. The first-order chi connectivity index (χ1) is 5.83. The molecule has 12 heavy (non-hydrogen) atoms. The largest absolute Gasteiger partial charge is 0.353 e. The third kappa shape index (κ3) is 2.84. The maximum atomic E-state index is 8.25. The Labute approximate surface area is 78.8 Å². The van der Waals surface area contributed by atoms with Crippen LogP contribution in [0.4, 0.5) is 5.95 Å². The summed E-state index contributed by atoms with van der Waals surface area (Å²) in [6, 6.07) is 2.02. The van der Waals surface area contributed by atoms with Gasteiger partial charge in [0, 0.05) is 18.9 Å². The van der Waals surface area contributed by atoms with Gasteiger partial charge in [-0.3, -0.25) is 0 Å². The Balaban J connectivity index is 2.43. The van der Waals surface area contributed by atoms with E-state index in [0.29, 0.717) is 18.9 Å². The second kappa shape index (κ2) is 4.67. The molecule has 0 bridgehead atoms. The zero-order chi connectivity index (χ0) is 8.81. The first-order valence-electron chi connectivity index (χ1n) is 3.41. The van der Waals surface area contributed by atoms with Crippen LogP contribution < -0.4 is 5.32 Å². The highest BCUT2D eigenvalue weighted by Crippen LogP contribution is 2.06. The van der Waals surface area contributed by atoms with E-state index in [1.165, 1.54) is 0 Å². The van der Waals surface area contributed by atoms with Crippen LogP contribution in [-0.4, -0.2) is 16.5 Å². The van der Waals surface area contributed by atoms with Crippen molar-refractivity contribution in [2.45, 2.75) is 6.42 Å². The van der Waals surface area contributed by atoms with Gasteiger partial charge in [-0.25, -0.2) is 9.97 Å². The molecule has 0 spiro atoms. The molecule has 0 aliphatic heterocycles. The van der Waals surface area contributed by atoms with E-state index in [9.17, 15) is 0 Å². The van der Waals surface area contributed by atoms with Crippen molar-refractivity contribution >= 4 is 21.9 Å². The average Bonchev–Trinajstić information content (AvgIpc) is 2.09. The smallest absolute Gasteiger partial charge is 0.222 e. The third-order valence-corrected chi connectivity index (χ3v) is 1.55. The Bertz CT molecular complexity index is 276. The summed E-state index contributed by atoms with van der Waals surface area (Å²) in [7, 11) is 0. The Hall–Kier alpha value is -1.15. The van der Waals surface area contributed by atoms with Crippen LogP contribution in [0, 0.1) is 11.3 Å². The number of rotatable bonds is 3. The van der Waals surface area contributed by atoms with Crippen LogP contribution in [0.15, 0.2) is 16.9 Å². The molecular formula is C7H7BrN4. The van der Waals surface area contributed by atoms with E-state index in [-0.39, 0.29) is 0 Å². The number of hydrogen-bond acceptors (Lipinski definition) is 4. The van der Waals surface area contributed by atoms with Gasteiger partial charge >= 0.3 is 0 Å². The lowest BCUT2D eigenvalue weighted by molar-refractivity contribution is 1.02. The molecule has 0 fully saturated rings. The zero-order valence-corrected chi connectivity index (χ0v) is 7.87. The summed E-state index contributed by atoms with van der Waals surface area (Å²) >= 11 is 3.22. The van der Waals surface area contributed by atoms with E-state index in [1.807, 2.05) is 6.07 Å². The lowest BCUT2D eigenvalue weighted by atomic mass is 10.5. The number of aromatic nitrogens is 2. The highest BCUT2D eigenvalue weighted by atomic mass is 79.9. The molecule has 1 aromatic rings. The van der Waals surface area contributed by atoms with Gasteiger partial charge in [0.2, 0.25) is 5.95 Å². The molecule has 0 amide bonds. The van der Waals surface area contributed by atoms with Gasteiger partial charge in [0.25, 0.3) is 0 Å². The third-order valence-electron chi connectivity index (χ3n) is 1.14. The second-order valence-electron chi connectivity index (χ2n) is 2.06. The predicted octanol–water partition coefficient (Wildman–Crippen LogP) is 1.56. The van der Waals surface area contributed by atoms with Crippen LogP contribution in [0.5, 0.6) is 0 Å². The van der Waals surface area contributed by atoms with Crippen LogP contribution in [0.2, 0.25) is 0 Å². The highest BCUT2D eigenvalue weighted by Gasteiger charge is 1.92. The van der Waals surface area contributed by atoms with Crippen molar-refractivity contribution in [1.29, 1.82) is 5.26 Å². The maximum Gasteiger partial charge on any atom is 0.222 e. The van der Waals surface area contributed by atoms with Gasteiger partial charge in [-0.15, -0.1) is 0 Å². The predicted molar refractivity (Wildman–Crippen MR) is 48.5 cm³/mol. The summed E-state index contributed by atoms with van der Waals surface area (Å²) in [6.45, 7) is 0.581. The summed E-state index contributed by atoms with van der Waals surface area (Å²) in [5, 5.41) is 11.2. The summed E-state index contributed by atoms with van der Waals surface area (Å²) < 4.78 is 0.841. The van der Waals surface area contributed by atoms with Crippen molar-refractivity contribution in [2.75, 3.05) is 11.9 Å². The van der Waals surface area contributed by atoms with Crippen molar-refractivity contribution in [3.63, 3.8) is 0 Å². The van der Waals surface area contributed by atoms with Gasteiger partial charge in [0.05, 0.1) is 17.0 Å². The number of nitriles is 1. The Morgan fingerprint density at radius 3 is 2.75 bits per heavy atom. The summed E-state index contributed by atoms with van der Waals surface area (Å²) in [5.74, 6) is 0.549. The molecule has 0 radical (unpaired) electrons. The molecule has 4 nitrogen and oxygen atoms in total. The molecule has 0 unspecified atom stereocenters. The quantitative estimate of drug-likeness (QED) is 0.796. The molecule has 0 atom stereocenters. The number of nitrogens with one attached hydrogen (secondary N) is 1. The summed E-state index contributed by atoms with van der Waals surface area (Å²) in [5.41, 5.74) is 0. The number of anilines is 1. The highest BCUT2D eigenvalue weighted by molar-refractivity contribution is 9.10.